The first-order valence-electron chi connectivity index (χ1n) is 8.90. The number of ether oxygens (including phenoxy) is 1. The standard InChI is InChI=1S/C19H29N3O3/c1-4-25-14-16-7-5-15(6-8-16)13-20-19(24)22-11-9-17(10-12-22)18(23)21(2)3/h5-8,17H,4,9-14H2,1-3H3,(H,20,24). The summed E-state index contributed by atoms with van der Waals surface area (Å²) in [4.78, 5) is 27.7. The minimum atomic E-state index is -0.0610. The van der Waals surface area contributed by atoms with E-state index in [1.807, 2.05) is 31.2 Å². The van der Waals surface area contributed by atoms with Crippen LogP contribution < -0.4 is 5.32 Å². The molecule has 1 N–H and O–H groups in total. The van der Waals surface area contributed by atoms with Crippen molar-refractivity contribution >= 4 is 11.9 Å². The van der Waals surface area contributed by atoms with E-state index >= 15 is 0 Å². The van der Waals surface area contributed by atoms with Gasteiger partial charge in [0.1, 0.15) is 0 Å². The topological polar surface area (TPSA) is 61.9 Å². The van der Waals surface area contributed by atoms with Crippen LogP contribution in [0.25, 0.3) is 0 Å². The highest BCUT2D eigenvalue weighted by atomic mass is 16.5. The number of benzene rings is 1. The van der Waals surface area contributed by atoms with Gasteiger partial charge in [-0.3, -0.25) is 4.79 Å². The van der Waals surface area contributed by atoms with E-state index in [2.05, 4.69) is 5.32 Å². The molecule has 1 fully saturated rings. The van der Waals surface area contributed by atoms with Gasteiger partial charge in [0.25, 0.3) is 0 Å². The number of nitrogens with zero attached hydrogens (tertiary/aromatic N) is 2. The Balaban J connectivity index is 1.75. The first kappa shape index (κ1) is 19.2. The summed E-state index contributed by atoms with van der Waals surface area (Å²) in [5.74, 6) is 0.198. The van der Waals surface area contributed by atoms with Crippen LogP contribution in [0.15, 0.2) is 24.3 Å². The molecule has 6 nitrogen and oxygen atoms in total. The smallest absolute Gasteiger partial charge is 0.317 e. The fourth-order valence-corrected chi connectivity index (χ4v) is 2.96. The average Bonchev–Trinajstić information content (AvgIpc) is 2.64. The Kier molecular flexibility index (Phi) is 7.25. The van der Waals surface area contributed by atoms with Crippen molar-refractivity contribution in [1.29, 1.82) is 0 Å². The molecule has 1 saturated heterocycles. The lowest BCUT2D eigenvalue weighted by atomic mass is 9.96. The third-order valence-corrected chi connectivity index (χ3v) is 4.51. The van der Waals surface area contributed by atoms with Gasteiger partial charge in [-0.2, -0.15) is 0 Å². The van der Waals surface area contributed by atoms with Crippen molar-refractivity contribution in [1.82, 2.24) is 15.1 Å². The predicted molar refractivity (Wildman–Crippen MR) is 97.0 cm³/mol. The first-order chi connectivity index (χ1) is 12.0. The van der Waals surface area contributed by atoms with Gasteiger partial charge in [0.05, 0.1) is 6.61 Å². The molecule has 2 rings (SSSR count). The number of hydrogen-bond acceptors (Lipinski definition) is 3. The van der Waals surface area contributed by atoms with E-state index < -0.39 is 0 Å². The molecule has 1 heterocycles. The lowest BCUT2D eigenvalue weighted by molar-refractivity contribution is -0.134. The Bertz CT molecular complexity index is 564. The highest BCUT2D eigenvalue weighted by Crippen LogP contribution is 2.19. The second-order valence-corrected chi connectivity index (χ2v) is 6.61. The van der Waals surface area contributed by atoms with Crippen LogP contribution >= 0.6 is 0 Å². The van der Waals surface area contributed by atoms with E-state index in [9.17, 15) is 9.59 Å². The Morgan fingerprint density at radius 2 is 1.76 bits per heavy atom. The maximum atomic E-state index is 12.3. The lowest BCUT2D eigenvalue weighted by Gasteiger charge is -2.32. The van der Waals surface area contributed by atoms with Crippen LogP contribution in [-0.4, -0.2) is 55.5 Å². The largest absolute Gasteiger partial charge is 0.377 e. The molecule has 3 amide bonds. The molecule has 0 saturated carbocycles. The van der Waals surface area contributed by atoms with E-state index in [1.165, 1.54) is 0 Å². The first-order valence-corrected chi connectivity index (χ1v) is 8.90. The van der Waals surface area contributed by atoms with Gasteiger partial charge in [-0.15, -0.1) is 0 Å². The number of nitrogens with one attached hydrogen (secondary N) is 1. The molecule has 1 aromatic carbocycles. The molecule has 138 valence electrons. The van der Waals surface area contributed by atoms with E-state index in [-0.39, 0.29) is 17.9 Å². The molecule has 0 bridgehead atoms. The molecule has 0 atom stereocenters. The Labute approximate surface area is 150 Å². The van der Waals surface area contributed by atoms with Crippen molar-refractivity contribution < 1.29 is 14.3 Å². The van der Waals surface area contributed by atoms with Gasteiger partial charge in [-0.05, 0) is 30.9 Å². The summed E-state index contributed by atoms with van der Waals surface area (Å²) < 4.78 is 5.37. The number of piperidine rings is 1. The number of rotatable bonds is 6. The summed E-state index contributed by atoms with van der Waals surface area (Å²) in [5.41, 5.74) is 2.19. The number of amides is 3. The van der Waals surface area contributed by atoms with Crippen molar-refractivity contribution in [2.75, 3.05) is 33.8 Å². The van der Waals surface area contributed by atoms with E-state index in [1.54, 1.807) is 23.9 Å². The second-order valence-electron chi connectivity index (χ2n) is 6.61. The number of carbonyl (C=O) groups excluding carboxylic acids is 2. The molecule has 1 aromatic rings. The number of hydrogen-bond donors (Lipinski definition) is 1. The van der Waals surface area contributed by atoms with Gasteiger partial charge < -0.3 is 19.9 Å². The van der Waals surface area contributed by atoms with Gasteiger partial charge in [0, 0.05) is 46.3 Å². The molecule has 0 unspecified atom stereocenters. The van der Waals surface area contributed by atoms with Crippen LogP contribution in [0.5, 0.6) is 0 Å². The van der Waals surface area contributed by atoms with Crippen LogP contribution in [0.4, 0.5) is 4.79 Å². The van der Waals surface area contributed by atoms with Crippen molar-refractivity contribution in [3.05, 3.63) is 35.4 Å². The van der Waals surface area contributed by atoms with Crippen molar-refractivity contribution in [3.63, 3.8) is 0 Å². The second kappa shape index (κ2) is 9.42. The van der Waals surface area contributed by atoms with Crippen LogP contribution in [0.3, 0.4) is 0 Å². The quantitative estimate of drug-likeness (QED) is 0.858. The molecular weight excluding hydrogens is 318 g/mol. The van der Waals surface area contributed by atoms with Gasteiger partial charge >= 0.3 is 6.03 Å². The SMILES string of the molecule is CCOCc1ccc(CNC(=O)N2CCC(C(=O)N(C)C)CC2)cc1. The highest BCUT2D eigenvalue weighted by Gasteiger charge is 2.27. The molecule has 6 heteroatoms. The average molecular weight is 347 g/mol. The Morgan fingerprint density at radius 3 is 2.32 bits per heavy atom. The Morgan fingerprint density at radius 1 is 1.16 bits per heavy atom. The molecule has 0 aliphatic carbocycles. The highest BCUT2D eigenvalue weighted by molar-refractivity contribution is 5.79. The number of likely N-dealkylation sites (tertiary alicyclic amines) is 1. The molecule has 25 heavy (non-hydrogen) atoms. The predicted octanol–water partition coefficient (Wildman–Crippen LogP) is 2.23. The molecule has 0 aromatic heterocycles. The van der Waals surface area contributed by atoms with E-state index in [0.717, 1.165) is 24.0 Å². The molecule has 1 aliphatic rings. The van der Waals surface area contributed by atoms with E-state index in [4.69, 9.17) is 4.74 Å². The lowest BCUT2D eigenvalue weighted by Crippen LogP contribution is -2.46. The fraction of sp³-hybridized carbons (Fsp3) is 0.579. The summed E-state index contributed by atoms with van der Waals surface area (Å²) in [6, 6.07) is 8.01. The van der Waals surface area contributed by atoms with Gasteiger partial charge in [0.15, 0.2) is 0 Å². The molecule has 0 spiro atoms. The van der Waals surface area contributed by atoms with Crippen LogP contribution in [0.2, 0.25) is 0 Å². The summed E-state index contributed by atoms with van der Waals surface area (Å²) in [5, 5.41) is 2.96. The number of urea groups is 1. The minimum absolute atomic E-state index is 0.0388. The van der Waals surface area contributed by atoms with Crippen molar-refractivity contribution in [3.8, 4) is 0 Å². The maximum Gasteiger partial charge on any atom is 0.317 e. The zero-order valence-electron chi connectivity index (χ0n) is 15.5. The maximum absolute atomic E-state index is 12.3. The Hall–Kier alpha value is -2.08. The van der Waals surface area contributed by atoms with Gasteiger partial charge in [-0.25, -0.2) is 4.79 Å². The summed E-state index contributed by atoms with van der Waals surface area (Å²) in [7, 11) is 3.56. The van der Waals surface area contributed by atoms with Crippen molar-refractivity contribution in [2.24, 2.45) is 5.92 Å². The summed E-state index contributed by atoms with van der Waals surface area (Å²) in [6.07, 6.45) is 1.47. The fourth-order valence-electron chi connectivity index (χ4n) is 2.96. The summed E-state index contributed by atoms with van der Waals surface area (Å²) in [6.45, 7) is 5.05. The zero-order chi connectivity index (χ0) is 18.2. The van der Waals surface area contributed by atoms with E-state index in [0.29, 0.717) is 32.8 Å². The van der Waals surface area contributed by atoms with Crippen LogP contribution in [-0.2, 0) is 22.7 Å². The van der Waals surface area contributed by atoms with Crippen LogP contribution in [0.1, 0.15) is 30.9 Å². The van der Waals surface area contributed by atoms with Crippen molar-refractivity contribution in [2.45, 2.75) is 32.9 Å². The van der Waals surface area contributed by atoms with Crippen LogP contribution in [0, 0.1) is 5.92 Å². The third-order valence-electron chi connectivity index (χ3n) is 4.51. The molecule has 1 aliphatic heterocycles. The number of carbonyl (C=O) groups is 2. The normalized spacial score (nSPS) is 15.1. The third kappa shape index (κ3) is 5.74. The minimum Gasteiger partial charge on any atom is -0.377 e. The molecular formula is C19H29N3O3. The van der Waals surface area contributed by atoms with Gasteiger partial charge in [0.2, 0.25) is 5.91 Å². The zero-order valence-corrected chi connectivity index (χ0v) is 15.5. The summed E-state index contributed by atoms with van der Waals surface area (Å²) >= 11 is 0. The monoisotopic (exact) mass is 347 g/mol. The molecule has 0 radical (unpaired) electrons. The van der Waals surface area contributed by atoms with Gasteiger partial charge in [-0.1, -0.05) is 24.3 Å².